The zero-order valence-corrected chi connectivity index (χ0v) is 14.2. The van der Waals surface area contributed by atoms with E-state index in [-0.39, 0.29) is 5.69 Å². The zero-order chi connectivity index (χ0) is 18.4. The number of anilines is 2. The fourth-order valence-corrected chi connectivity index (χ4v) is 2.12. The Morgan fingerprint density at radius 2 is 1.56 bits per heavy atom. The van der Waals surface area contributed by atoms with Crippen molar-refractivity contribution < 1.29 is 23.9 Å². The molecule has 25 heavy (non-hydrogen) atoms. The summed E-state index contributed by atoms with van der Waals surface area (Å²) in [6.07, 6.45) is 0. The molecule has 2 rings (SSSR count). The maximum atomic E-state index is 12.0. The highest BCUT2D eigenvalue weighted by molar-refractivity contribution is 6.44. The summed E-state index contributed by atoms with van der Waals surface area (Å²) >= 11 is 5.87. The molecule has 0 aliphatic heterocycles. The second kappa shape index (κ2) is 8.16. The number of benzene rings is 2. The van der Waals surface area contributed by atoms with Crippen LogP contribution in [0.25, 0.3) is 0 Å². The van der Waals surface area contributed by atoms with Gasteiger partial charge in [-0.2, -0.15) is 0 Å². The fourth-order valence-electron chi connectivity index (χ4n) is 1.95. The third-order valence-electron chi connectivity index (χ3n) is 3.18. The Morgan fingerprint density at radius 3 is 2.16 bits per heavy atom. The van der Waals surface area contributed by atoms with Gasteiger partial charge in [0.2, 0.25) is 0 Å². The number of nitrogens with one attached hydrogen (secondary N) is 2. The first-order valence-corrected chi connectivity index (χ1v) is 7.46. The molecule has 0 aliphatic rings. The van der Waals surface area contributed by atoms with E-state index >= 15 is 0 Å². The lowest BCUT2D eigenvalue weighted by Crippen LogP contribution is -2.29. The minimum absolute atomic E-state index is 0.274. The Bertz CT molecular complexity index is 805. The van der Waals surface area contributed by atoms with Crippen LogP contribution in [-0.2, 0) is 14.3 Å². The Kier molecular flexibility index (Phi) is 5.97. The molecule has 0 fully saturated rings. The van der Waals surface area contributed by atoms with Crippen molar-refractivity contribution in [1.82, 2.24) is 0 Å². The minimum Gasteiger partial charge on any atom is -0.495 e. The quantitative estimate of drug-likeness (QED) is 0.644. The Morgan fingerprint density at radius 1 is 0.920 bits per heavy atom. The van der Waals surface area contributed by atoms with Gasteiger partial charge in [-0.3, -0.25) is 9.59 Å². The van der Waals surface area contributed by atoms with Crippen LogP contribution in [0, 0.1) is 0 Å². The molecular formula is C17H15ClN2O5. The molecule has 0 aromatic heterocycles. The van der Waals surface area contributed by atoms with Crippen LogP contribution in [0.15, 0.2) is 42.5 Å². The summed E-state index contributed by atoms with van der Waals surface area (Å²) in [5, 5.41) is 5.23. The lowest BCUT2D eigenvalue weighted by molar-refractivity contribution is -0.133. The van der Waals surface area contributed by atoms with E-state index in [0.29, 0.717) is 22.0 Å². The first kappa shape index (κ1) is 18.3. The van der Waals surface area contributed by atoms with Crippen LogP contribution < -0.4 is 15.4 Å². The number of ether oxygens (including phenoxy) is 2. The number of halogens is 1. The number of rotatable bonds is 4. The molecule has 2 aromatic carbocycles. The third-order valence-corrected chi connectivity index (χ3v) is 3.41. The van der Waals surface area contributed by atoms with Gasteiger partial charge < -0.3 is 20.1 Å². The lowest BCUT2D eigenvalue weighted by Gasteiger charge is -2.10. The fraction of sp³-hybridized carbons (Fsp3) is 0.118. The molecule has 0 aliphatic carbocycles. The molecular weight excluding hydrogens is 348 g/mol. The number of hydrogen-bond acceptors (Lipinski definition) is 5. The van der Waals surface area contributed by atoms with Crippen LogP contribution in [-0.4, -0.2) is 32.0 Å². The van der Waals surface area contributed by atoms with Gasteiger partial charge in [-0.15, -0.1) is 0 Å². The van der Waals surface area contributed by atoms with E-state index in [1.165, 1.54) is 44.6 Å². The van der Waals surface area contributed by atoms with Gasteiger partial charge in [0.1, 0.15) is 5.75 Å². The van der Waals surface area contributed by atoms with E-state index in [2.05, 4.69) is 15.4 Å². The number of carbonyl (C=O) groups is 3. The first-order valence-electron chi connectivity index (χ1n) is 7.09. The van der Waals surface area contributed by atoms with E-state index in [4.69, 9.17) is 16.3 Å². The van der Waals surface area contributed by atoms with E-state index in [0.717, 1.165) is 0 Å². The van der Waals surface area contributed by atoms with E-state index < -0.39 is 17.8 Å². The molecule has 0 heterocycles. The highest BCUT2D eigenvalue weighted by Crippen LogP contribution is 2.27. The van der Waals surface area contributed by atoms with Crippen molar-refractivity contribution in [3.63, 3.8) is 0 Å². The summed E-state index contributed by atoms with van der Waals surface area (Å²) < 4.78 is 9.68. The van der Waals surface area contributed by atoms with E-state index in [9.17, 15) is 14.4 Å². The van der Waals surface area contributed by atoms with Crippen molar-refractivity contribution in [1.29, 1.82) is 0 Å². The molecule has 2 amide bonds. The van der Waals surface area contributed by atoms with Gasteiger partial charge in [0, 0.05) is 10.7 Å². The number of amides is 2. The van der Waals surface area contributed by atoms with Crippen molar-refractivity contribution in [2.24, 2.45) is 0 Å². The van der Waals surface area contributed by atoms with Gasteiger partial charge in [-0.05, 0) is 42.5 Å². The Labute approximate surface area is 148 Å². The predicted molar refractivity (Wildman–Crippen MR) is 93.0 cm³/mol. The number of methoxy groups -OCH3 is 2. The van der Waals surface area contributed by atoms with Gasteiger partial charge in [-0.1, -0.05) is 11.6 Å². The number of carbonyl (C=O) groups excluding carboxylic acids is 3. The predicted octanol–water partition coefficient (Wildman–Crippen LogP) is 2.71. The van der Waals surface area contributed by atoms with Gasteiger partial charge in [-0.25, -0.2) is 4.79 Å². The molecule has 0 unspecified atom stereocenters. The molecule has 0 spiro atoms. The molecule has 0 bridgehead atoms. The number of hydrogen-bond donors (Lipinski definition) is 2. The molecule has 130 valence electrons. The molecule has 8 heteroatoms. The molecule has 0 saturated carbocycles. The van der Waals surface area contributed by atoms with Crippen LogP contribution in [0.5, 0.6) is 5.75 Å². The van der Waals surface area contributed by atoms with Crippen molar-refractivity contribution in [3.05, 3.63) is 53.1 Å². The third kappa shape index (κ3) is 4.71. The lowest BCUT2D eigenvalue weighted by atomic mass is 10.2. The molecule has 0 radical (unpaired) electrons. The molecule has 7 nitrogen and oxygen atoms in total. The van der Waals surface area contributed by atoms with Crippen LogP contribution >= 0.6 is 11.6 Å². The highest BCUT2D eigenvalue weighted by atomic mass is 35.5. The monoisotopic (exact) mass is 362 g/mol. The van der Waals surface area contributed by atoms with Gasteiger partial charge >= 0.3 is 17.8 Å². The van der Waals surface area contributed by atoms with Crippen LogP contribution in [0.3, 0.4) is 0 Å². The second-order valence-corrected chi connectivity index (χ2v) is 5.26. The standard InChI is InChI=1S/C17H15ClN2O5/c1-24-14-8-5-11(18)9-13(14)20-16(22)15(21)19-12-6-3-10(4-7-12)17(23)25-2/h3-9H,1-2H3,(H,19,21)(H,20,22). The minimum atomic E-state index is -0.891. The van der Waals surface area contributed by atoms with Crippen molar-refractivity contribution >= 4 is 40.8 Å². The smallest absolute Gasteiger partial charge is 0.337 e. The molecule has 2 aromatic rings. The van der Waals surface area contributed by atoms with E-state index in [1.807, 2.05) is 0 Å². The Balaban J connectivity index is 2.04. The molecule has 0 atom stereocenters. The number of esters is 1. The summed E-state index contributed by atoms with van der Waals surface area (Å²) in [6.45, 7) is 0. The highest BCUT2D eigenvalue weighted by Gasteiger charge is 2.16. The largest absolute Gasteiger partial charge is 0.495 e. The normalized spacial score (nSPS) is 9.88. The average molecular weight is 363 g/mol. The summed E-state index contributed by atoms with van der Waals surface area (Å²) in [6, 6.07) is 10.5. The topological polar surface area (TPSA) is 93.7 Å². The summed E-state index contributed by atoms with van der Waals surface area (Å²) in [5.74, 6) is -1.90. The maximum Gasteiger partial charge on any atom is 0.337 e. The van der Waals surface area contributed by atoms with Gasteiger partial charge in [0.15, 0.2) is 0 Å². The van der Waals surface area contributed by atoms with Gasteiger partial charge in [0.25, 0.3) is 0 Å². The second-order valence-electron chi connectivity index (χ2n) is 4.82. The van der Waals surface area contributed by atoms with Crippen molar-refractivity contribution in [3.8, 4) is 5.75 Å². The average Bonchev–Trinajstić information content (AvgIpc) is 2.61. The van der Waals surface area contributed by atoms with Crippen LogP contribution in [0.4, 0.5) is 11.4 Å². The Hall–Kier alpha value is -3.06. The SMILES string of the molecule is COC(=O)c1ccc(NC(=O)C(=O)Nc2cc(Cl)ccc2OC)cc1. The maximum absolute atomic E-state index is 12.0. The molecule has 0 saturated heterocycles. The first-order chi connectivity index (χ1) is 11.9. The van der Waals surface area contributed by atoms with Crippen LogP contribution in [0.2, 0.25) is 5.02 Å². The van der Waals surface area contributed by atoms with Crippen molar-refractivity contribution in [2.75, 3.05) is 24.9 Å². The van der Waals surface area contributed by atoms with Crippen molar-refractivity contribution in [2.45, 2.75) is 0 Å². The summed E-state index contributed by atoms with van der Waals surface area (Å²) in [7, 11) is 2.70. The summed E-state index contributed by atoms with van der Waals surface area (Å²) in [4.78, 5) is 35.4. The molecule has 2 N–H and O–H groups in total. The van der Waals surface area contributed by atoms with Crippen LogP contribution in [0.1, 0.15) is 10.4 Å². The van der Waals surface area contributed by atoms with Gasteiger partial charge in [0.05, 0.1) is 25.5 Å². The zero-order valence-electron chi connectivity index (χ0n) is 13.5. The van der Waals surface area contributed by atoms with E-state index in [1.54, 1.807) is 12.1 Å². The summed E-state index contributed by atoms with van der Waals surface area (Å²) in [5.41, 5.74) is 0.954.